The number of ether oxygens (including phenoxy) is 2. The predicted molar refractivity (Wildman–Crippen MR) is 66.5 cm³/mol. The summed E-state index contributed by atoms with van der Waals surface area (Å²) in [5.74, 6) is -1.13. The van der Waals surface area contributed by atoms with Gasteiger partial charge in [-0.25, -0.2) is 0 Å². The Morgan fingerprint density at radius 1 is 0.800 bits per heavy atom. The molecule has 8 heteroatoms. The fraction of sp³-hybridized carbons (Fsp3) is 0.833. The lowest BCUT2D eigenvalue weighted by molar-refractivity contribution is -0.162. The highest BCUT2D eigenvalue weighted by Gasteiger charge is 2.31. The maximum atomic E-state index is 10.9. The molecular weight excluding hydrogens is 272 g/mol. The minimum atomic E-state index is -1.74. The molecule has 0 saturated carbocycles. The molecule has 0 radical (unpaired) electrons. The van der Waals surface area contributed by atoms with Gasteiger partial charge in [0.15, 0.2) is 0 Å². The zero-order valence-corrected chi connectivity index (χ0v) is 11.6. The first-order chi connectivity index (χ1) is 9.33. The minimum absolute atomic E-state index is 0.112. The summed E-state index contributed by atoms with van der Waals surface area (Å²) in [5.41, 5.74) is 0. The normalized spacial score (nSPS) is 16.9. The van der Waals surface area contributed by atoms with Crippen LogP contribution in [-0.2, 0) is 19.1 Å². The maximum Gasteiger partial charge on any atom is 0.305 e. The number of aliphatic hydroxyl groups is 4. The number of hydrogen-bond acceptors (Lipinski definition) is 8. The average molecular weight is 294 g/mol. The van der Waals surface area contributed by atoms with E-state index in [9.17, 15) is 30.0 Å². The van der Waals surface area contributed by atoms with Crippen molar-refractivity contribution in [3.8, 4) is 0 Å². The Morgan fingerprint density at radius 2 is 1.10 bits per heavy atom. The number of hydrogen-bond donors (Lipinski definition) is 4. The molecule has 0 heterocycles. The Balaban J connectivity index is 4.19. The summed E-state index contributed by atoms with van der Waals surface area (Å²) >= 11 is 0. The molecule has 0 amide bonds. The molecule has 20 heavy (non-hydrogen) atoms. The van der Waals surface area contributed by atoms with Gasteiger partial charge < -0.3 is 29.9 Å². The summed E-state index contributed by atoms with van der Waals surface area (Å²) in [6, 6.07) is 0. The fourth-order valence-electron chi connectivity index (χ4n) is 1.21. The van der Waals surface area contributed by atoms with Crippen molar-refractivity contribution >= 4 is 11.9 Å². The second-order valence-corrected chi connectivity index (χ2v) is 4.19. The molecule has 0 aliphatic rings. The molecule has 0 aliphatic carbocycles. The van der Waals surface area contributed by atoms with E-state index in [0.29, 0.717) is 0 Å². The molecule has 0 spiro atoms. The van der Waals surface area contributed by atoms with Crippen LogP contribution in [0.15, 0.2) is 0 Å². The third-order valence-corrected chi connectivity index (χ3v) is 2.55. The van der Waals surface area contributed by atoms with Gasteiger partial charge >= 0.3 is 11.9 Å². The van der Waals surface area contributed by atoms with E-state index in [-0.39, 0.29) is 12.8 Å². The summed E-state index contributed by atoms with van der Waals surface area (Å²) in [4.78, 5) is 21.7. The topological polar surface area (TPSA) is 134 Å². The summed E-state index contributed by atoms with van der Waals surface area (Å²) in [6.45, 7) is 2.11. The Kier molecular flexibility index (Phi) is 9.06. The third-order valence-electron chi connectivity index (χ3n) is 2.55. The molecule has 0 bridgehead atoms. The number of carbonyl (C=O) groups is 2. The van der Waals surface area contributed by atoms with E-state index < -0.39 is 49.6 Å². The van der Waals surface area contributed by atoms with E-state index in [1.807, 2.05) is 0 Å². The van der Waals surface area contributed by atoms with E-state index in [1.54, 1.807) is 13.8 Å². The summed E-state index contributed by atoms with van der Waals surface area (Å²) < 4.78 is 9.19. The van der Waals surface area contributed by atoms with Crippen molar-refractivity contribution in [3.63, 3.8) is 0 Å². The molecular formula is C12H22O8. The Bertz CT molecular complexity index is 276. The van der Waals surface area contributed by atoms with Crippen molar-refractivity contribution in [1.29, 1.82) is 0 Å². The Hall–Kier alpha value is -1.22. The van der Waals surface area contributed by atoms with E-state index >= 15 is 0 Å². The van der Waals surface area contributed by atoms with Gasteiger partial charge in [0.1, 0.15) is 37.6 Å². The van der Waals surface area contributed by atoms with E-state index in [1.165, 1.54) is 0 Å². The van der Waals surface area contributed by atoms with Crippen LogP contribution < -0.4 is 0 Å². The van der Waals surface area contributed by atoms with Gasteiger partial charge in [-0.15, -0.1) is 0 Å². The van der Waals surface area contributed by atoms with Gasteiger partial charge in [-0.1, -0.05) is 13.8 Å². The van der Waals surface area contributed by atoms with Gasteiger partial charge in [0.2, 0.25) is 0 Å². The van der Waals surface area contributed by atoms with Crippen LogP contribution in [0.5, 0.6) is 0 Å². The van der Waals surface area contributed by atoms with Gasteiger partial charge in [0.05, 0.1) is 0 Å². The minimum Gasteiger partial charge on any atom is -0.463 e. The van der Waals surface area contributed by atoms with Crippen molar-refractivity contribution in [1.82, 2.24) is 0 Å². The number of esters is 2. The fourth-order valence-corrected chi connectivity index (χ4v) is 1.21. The molecule has 0 saturated heterocycles. The van der Waals surface area contributed by atoms with Crippen molar-refractivity contribution < 1.29 is 39.5 Å². The van der Waals surface area contributed by atoms with Gasteiger partial charge in [0.25, 0.3) is 0 Å². The average Bonchev–Trinajstić information content (AvgIpc) is 2.47. The van der Waals surface area contributed by atoms with Crippen molar-refractivity contribution in [2.45, 2.75) is 51.1 Å². The first-order valence-corrected chi connectivity index (χ1v) is 6.36. The smallest absolute Gasteiger partial charge is 0.305 e. The molecule has 0 fully saturated rings. The summed E-state index contributed by atoms with van der Waals surface area (Å²) in [6.07, 6.45) is -6.37. The molecule has 0 aliphatic heterocycles. The standard InChI is InChI=1S/C12H22O8/c1-3-9(15)19-5-7(13)11(17)12(18)8(14)6-20-10(16)4-2/h7-8,11-14,17-18H,3-6H2,1-2H3/t7-,8+,11-,12-/m0/s1. The number of aliphatic hydroxyl groups excluding tert-OH is 4. The molecule has 0 aromatic carbocycles. The summed E-state index contributed by atoms with van der Waals surface area (Å²) in [7, 11) is 0. The Labute approximate surface area is 116 Å². The lowest BCUT2D eigenvalue weighted by atomic mass is 10.0. The van der Waals surface area contributed by atoms with Gasteiger partial charge in [-0.3, -0.25) is 9.59 Å². The molecule has 8 nitrogen and oxygen atoms in total. The molecule has 0 aromatic heterocycles. The first-order valence-electron chi connectivity index (χ1n) is 6.36. The van der Waals surface area contributed by atoms with Crippen LogP contribution >= 0.6 is 0 Å². The maximum absolute atomic E-state index is 10.9. The molecule has 0 unspecified atom stereocenters. The van der Waals surface area contributed by atoms with Crippen LogP contribution in [0.3, 0.4) is 0 Å². The quantitative estimate of drug-likeness (QED) is 0.371. The second-order valence-electron chi connectivity index (χ2n) is 4.19. The van der Waals surface area contributed by atoms with E-state index in [0.717, 1.165) is 0 Å². The molecule has 0 rings (SSSR count). The third kappa shape index (κ3) is 6.80. The monoisotopic (exact) mass is 294 g/mol. The highest BCUT2D eigenvalue weighted by atomic mass is 16.5. The van der Waals surface area contributed by atoms with Crippen LogP contribution in [0.4, 0.5) is 0 Å². The largest absolute Gasteiger partial charge is 0.463 e. The zero-order valence-electron chi connectivity index (χ0n) is 11.6. The lowest BCUT2D eigenvalue weighted by Gasteiger charge is -2.26. The molecule has 4 atom stereocenters. The van der Waals surface area contributed by atoms with Gasteiger partial charge in [-0.05, 0) is 0 Å². The van der Waals surface area contributed by atoms with Crippen molar-refractivity contribution in [2.75, 3.05) is 13.2 Å². The summed E-state index contributed by atoms with van der Waals surface area (Å²) in [5, 5.41) is 38.1. The van der Waals surface area contributed by atoms with Crippen LogP contribution in [0.1, 0.15) is 26.7 Å². The number of carbonyl (C=O) groups excluding carboxylic acids is 2. The van der Waals surface area contributed by atoms with Crippen LogP contribution in [0, 0.1) is 0 Å². The molecule has 4 N–H and O–H groups in total. The zero-order chi connectivity index (χ0) is 15.7. The van der Waals surface area contributed by atoms with E-state index in [2.05, 4.69) is 9.47 Å². The number of rotatable bonds is 9. The van der Waals surface area contributed by atoms with E-state index in [4.69, 9.17) is 0 Å². The predicted octanol–water partition coefficient (Wildman–Crippen LogP) is -1.66. The van der Waals surface area contributed by atoms with Gasteiger partial charge in [-0.2, -0.15) is 0 Å². The van der Waals surface area contributed by atoms with Crippen LogP contribution in [0.2, 0.25) is 0 Å². The van der Waals surface area contributed by atoms with Crippen molar-refractivity contribution in [2.24, 2.45) is 0 Å². The highest BCUT2D eigenvalue weighted by Crippen LogP contribution is 2.07. The Morgan fingerprint density at radius 3 is 1.35 bits per heavy atom. The van der Waals surface area contributed by atoms with Crippen LogP contribution in [0.25, 0.3) is 0 Å². The van der Waals surface area contributed by atoms with Crippen LogP contribution in [-0.4, -0.2) is 70.0 Å². The highest BCUT2D eigenvalue weighted by molar-refractivity contribution is 5.69. The molecule has 118 valence electrons. The molecule has 0 aromatic rings. The SMILES string of the molecule is CCC(=O)OC[C@@H](O)[C@H](O)[C@@H](O)[C@@H](O)COC(=O)CC. The second kappa shape index (κ2) is 9.65. The lowest BCUT2D eigenvalue weighted by Crippen LogP contribution is -2.48. The first kappa shape index (κ1) is 18.8. The van der Waals surface area contributed by atoms with Crippen molar-refractivity contribution in [3.05, 3.63) is 0 Å². The van der Waals surface area contributed by atoms with Gasteiger partial charge in [0, 0.05) is 12.8 Å².